The maximum atomic E-state index is 11.7. The largest absolute Gasteiger partial charge is 0.355 e. The topological polar surface area (TPSA) is 90.5 Å². The van der Waals surface area contributed by atoms with Crippen molar-refractivity contribution in [2.75, 3.05) is 39.3 Å². The minimum atomic E-state index is -0.719. The molecule has 0 atom stereocenters. The SMILES string of the molecule is CCCNC(=O)CNC(=O)C(=O)N1CCNCC1. The van der Waals surface area contributed by atoms with Crippen LogP contribution in [0.15, 0.2) is 0 Å². The van der Waals surface area contributed by atoms with E-state index in [1.807, 2.05) is 6.92 Å². The van der Waals surface area contributed by atoms with Crippen molar-refractivity contribution in [1.29, 1.82) is 0 Å². The van der Waals surface area contributed by atoms with E-state index in [4.69, 9.17) is 0 Å². The Kier molecular flexibility index (Phi) is 6.13. The molecule has 18 heavy (non-hydrogen) atoms. The molecular formula is C11H20N4O3. The van der Waals surface area contributed by atoms with Gasteiger partial charge in [0.2, 0.25) is 5.91 Å². The molecule has 0 aromatic rings. The summed E-state index contributed by atoms with van der Waals surface area (Å²) in [6, 6.07) is 0. The smallest absolute Gasteiger partial charge is 0.311 e. The van der Waals surface area contributed by atoms with Crippen molar-refractivity contribution < 1.29 is 14.4 Å². The number of carbonyl (C=O) groups excluding carboxylic acids is 3. The second-order valence-corrected chi connectivity index (χ2v) is 4.07. The first-order valence-electron chi connectivity index (χ1n) is 6.19. The molecule has 0 spiro atoms. The van der Waals surface area contributed by atoms with Crippen molar-refractivity contribution in [3.05, 3.63) is 0 Å². The molecule has 0 radical (unpaired) electrons. The predicted molar refractivity (Wildman–Crippen MR) is 65.8 cm³/mol. The van der Waals surface area contributed by atoms with E-state index in [0.29, 0.717) is 32.7 Å². The molecule has 7 heteroatoms. The number of nitrogens with one attached hydrogen (secondary N) is 3. The number of amides is 3. The van der Waals surface area contributed by atoms with Gasteiger partial charge in [-0.05, 0) is 6.42 Å². The van der Waals surface area contributed by atoms with Crippen molar-refractivity contribution in [1.82, 2.24) is 20.9 Å². The van der Waals surface area contributed by atoms with Gasteiger partial charge in [-0.2, -0.15) is 0 Å². The molecule has 7 nitrogen and oxygen atoms in total. The third-order valence-electron chi connectivity index (χ3n) is 2.58. The minimum absolute atomic E-state index is 0.156. The Morgan fingerprint density at radius 3 is 2.44 bits per heavy atom. The maximum Gasteiger partial charge on any atom is 0.311 e. The Morgan fingerprint density at radius 1 is 1.17 bits per heavy atom. The highest BCUT2D eigenvalue weighted by Gasteiger charge is 2.23. The average Bonchev–Trinajstić information content (AvgIpc) is 2.42. The van der Waals surface area contributed by atoms with E-state index >= 15 is 0 Å². The fourth-order valence-corrected chi connectivity index (χ4v) is 1.57. The van der Waals surface area contributed by atoms with Crippen LogP contribution in [0.4, 0.5) is 0 Å². The molecule has 0 aliphatic carbocycles. The van der Waals surface area contributed by atoms with Crippen LogP contribution in [0.2, 0.25) is 0 Å². The van der Waals surface area contributed by atoms with Crippen LogP contribution in [0.25, 0.3) is 0 Å². The summed E-state index contributed by atoms with van der Waals surface area (Å²) in [6.07, 6.45) is 0.833. The first kappa shape index (κ1) is 14.4. The van der Waals surface area contributed by atoms with Crippen LogP contribution < -0.4 is 16.0 Å². The molecule has 0 saturated carbocycles. The van der Waals surface area contributed by atoms with Crippen molar-refractivity contribution in [2.24, 2.45) is 0 Å². The number of carbonyl (C=O) groups is 3. The fraction of sp³-hybridized carbons (Fsp3) is 0.727. The lowest BCUT2D eigenvalue weighted by atomic mass is 10.3. The standard InChI is InChI=1S/C11H20N4O3/c1-2-3-13-9(16)8-14-10(17)11(18)15-6-4-12-5-7-15/h12H,2-8H2,1H3,(H,13,16)(H,14,17). The van der Waals surface area contributed by atoms with Gasteiger partial charge in [0.05, 0.1) is 6.54 Å². The molecule has 0 aromatic carbocycles. The van der Waals surface area contributed by atoms with E-state index in [9.17, 15) is 14.4 Å². The molecule has 0 bridgehead atoms. The Bertz CT molecular complexity index is 313. The first-order chi connectivity index (χ1) is 8.65. The van der Waals surface area contributed by atoms with E-state index in [1.54, 1.807) is 0 Å². The molecule has 3 N–H and O–H groups in total. The Hall–Kier alpha value is -1.63. The van der Waals surface area contributed by atoms with Crippen LogP contribution in [0.1, 0.15) is 13.3 Å². The Morgan fingerprint density at radius 2 is 1.83 bits per heavy atom. The van der Waals surface area contributed by atoms with Crippen LogP contribution in [0.5, 0.6) is 0 Å². The quantitative estimate of drug-likeness (QED) is 0.510. The Labute approximate surface area is 106 Å². The molecule has 1 rings (SSSR count). The van der Waals surface area contributed by atoms with Crippen molar-refractivity contribution in [3.63, 3.8) is 0 Å². The lowest BCUT2D eigenvalue weighted by molar-refractivity contribution is -0.146. The van der Waals surface area contributed by atoms with Crippen LogP contribution in [-0.2, 0) is 14.4 Å². The predicted octanol–water partition coefficient (Wildman–Crippen LogP) is -1.94. The summed E-state index contributed by atoms with van der Waals surface area (Å²) >= 11 is 0. The van der Waals surface area contributed by atoms with Gasteiger partial charge in [-0.3, -0.25) is 14.4 Å². The number of nitrogens with zero attached hydrogens (tertiary/aromatic N) is 1. The summed E-state index contributed by atoms with van der Waals surface area (Å²) in [5.41, 5.74) is 0. The molecule has 1 fully saturated rings. The highest BCUT2D eigenvalue weighted by Crippen LogP contribution is 1.93. The Balaban J connectivity index is 2.26. The molecule has 102 valence electrons. The summed E-state index contributed by atoms with van der Waals surface area (Å²) in [7, 11) is 0. The second-order valence-electron chi connectivity index (χ2n) is 4.07. The number of hydrogen-bond acceptors (Lipinski definition) is 4. The van der Waals surface area contributed by atoms with Crippen molar-refractivity contribution >= 4 is 17.7 Å². The fourth-order valence-electron chi connectivity index (χ4n) is 1.57. The van der Waals surface area contributed by atoms with Gasteiger partial charge in [0.25, 0.3) is 0 Å². The normalized spacial score (nSPS) is 15.1. The van der Waals surface area contributed by atoms with Crippen LogP contribution in [0, 0.1) is 0 Å². The van der Waals surface area contributed by atoms with Crippen LogP contribution in [-0.4, -0.2) is 61.9 Å². The number of rotatable bonds is 4. The van der Waals surface area contributed by atoms with Gasteiger partial charge >= 0.3 is 11.8 Å². The van der Waals surface area contributed by atoms with Gasteiger partial charge in [-0.1, -0.05) is 6.92 Å². The lowest BCUT2D eigenvalue weighted by Gasteiger charge is -2.26. The molecule has 1 aliphatic rings. The number of hydrogen-bond donors (Lipinski definition) is 3. The third kappa shape index (κ3) is 4.70. The van der Waals surface area contributed by atoms with E-state index in [-0.39, 0.29) is 12.5 Å². The monoisotopic (exact) mass is 256 g/mol. The zero-order valence-electron chi connectivity index (χ0n) is 10.6. The minimum Gasteiger partial charge on any atom is -0.355 e. The number of piperazine rings is 1. The van der Waals surface area contributed by atoms with Crippen molar-refractivity contribution in [2.45, 2.75) is 13.3 Å². The summed E-state index contributed by atoms with van der Waals surface area (Å²) in [5.74, 6) is -1.57. The summed E-state index contributed by atoms with van der Waals surface area (Å²) < 4.78 is 0. The van der Waals surface area contributed by atoms with Gasteiger partial charge in [0.1, 0.15) is 0 Å². The van der Waals surface area contributed by atoms with Gasteiger partial charge in [-0.25, -0.2) is 0 Å². The summed E-state index contributed by atoms with van der Waals surface area (Å²) in [6.45, 7) is 4.78. The summed E-state index contributed by atoms with van der Waals surface area (Å²) in [4.78, 5) is 35.9. The molecule has 1 heterocycles. The molecular weight excluding hydrogens is 236 g/mol. The van der Waals surface area contributed by atoms with Gasteiger partial charge < -0.3 is 20.9 Å². The van der Waals surface area contributed by atoms with E-state index < -0.39 is 11.8 Å². The van der Waals surface area contributed by atoms with Crippen molar-refractivity contribution in [3.8, 4) is 0 Å². The average molecular weight is 256 g/mol. The van der Waals surface area contributed by atoms with Crippen LogP contribution in [0.3, 0.4) is 0 Å². The highest BCUT2D eigenvalue weighted by molar-refractivity contribution is 6.35. The molecule has 1 saturated heterocycles. The highest BCUT2D eigenvalue weighted by atomic mass is 16.2. The molecule has 0 aromatic heterocycles. The van der Waals surface area contributed by atoms with E-state index in [1.165, 1.54) is 4.90 Å². The third-order valence-corrected chi connectivity index (χ3v) is 2.58. The van der Waals surface area contributed by atoms with Gasteiger partial charge in [0, 0.05) is 32.7 Å². The van der Waals surface area contributed by atoms with Gasteiger partial charge in [0.15, 0.2) is 0 Å². The first-order valence-corrected chi connectivity index (χ1v) is 6.19. The van der Waals surface area contributed by atoms with E-state index in [2.05, 4.69) is 16.0 Å². The van der Waals surface area contributed by atoms with Gasteiger partial charge in [-0.15, -0.1) is 0 Å². The molecule has 3 amide bonds. The zero-order valence-corrected chi connectivity index (χ0v) is 10.6. The molecule has 1 aliphatic heterocycles. The maximum absolute atomic E-state index is 11.7. The second kappa shape index (κ2) is 7.65. The molecule has 0 unspecified atom stereocenters. The summed E-state index contributed by atoms with van der Waals surface area (Å²) in [5, 5.41) is 8.04. The lowest BCUT2D eigenvalue weighted by Crippen LogP contribution is -2.52. The van der Waals surface area contributed by atoms with Crippen LogP contribution >= 0.6 is 0 Å². The van der Waals surface area contributed by atoms with E-state index in [0.717, 1.165) is 6.42 Å². The zero-order chi connectivity index (χ0) is 13.4.